The predicted octanol–water partition coefficient (Wildman–Crippen LogP) is 2.33. The quantitative estimate of drug-likeness (QED) is 0.785. The summed E-state index contributed by atoms with van der Waals surface area (Å²) in [7, 11) is 0. The largest absolute Gasteiger partial charge is 0.356 e. The molecule has 6 heteroatoms. The smallest absolute Gasteiger partial charge is 0.220 e. The minimum atomic E-state index is -0.0973. The minimum Gasteiger partial charge on any atom is -0.356 e. The topological polar surface area (TPSA) is 76.9 Å². The monoisotopic (exact) mass is 340 g/mol. The van der Waals surface area contributed by atoms with Gasteiger partial charge in [-0.1, -0.05) is 36.8 Å². The molecule has 0 saturated heterocycles. The zero-order chi connectivity index (χ0) is 17.5. The van der Waals surface area contributed by atoms with E-state index in [9.17, 15) is 9.59 Å². The zero-order valence-corrected chi connectivity index (χ0v) is 14.4. The number of fused-ring (bicyclic) bond motifs is 1. The van der Waals surface area contributed by atoms with E-state index in [1.807, 2.05) is 18.2 Å². The molecule has 0 fully saturated rings. The summed E-state index contributed by atoms with van der Waals surface area (Å²) in [6.45, 7) is 1.49. The fraction of sp³-hybridized carbons (Fsp3) is 0.474. The second kappa shape index (κ2) is 8.55. The number of rotatable bonds is 7. The maximum atomic E-state index is 12.0. The third kappa shape index (κ3) is 4.75. The lowest BCUT2D eigenvalue weighted by atomic mass is 10.1. The molecule has 0 bridgehead atoms. The summed E-state index contributed by atoms with van der Waals surface area (Å²) in [5.74, 6) is 1.91. The highest BCUT2D eigenvalue weighted by Crippen LogP contribution is 2.14. The van der Waals surface area contributed by atoms with Crippen molar-refractivity contribution >= 4 is 11.7 Å². The van der Waals surface area contributed by atoms with E-state index in [1.54, 1.807) is 12.1 Å². The normalized spacial score (nSPS) is 13.8. The fourth-order valence-corrected chi connectivity index (χ4v) is 3.13. The lowest BCUT2D eigenvalue weighted by Gasteiger charge is -2.08. The van der Waals surface area contributed by atoms with Crippen molar-refractivity contribution in [2.75, 3.05) is 6.54 Å². The summed E-state index contributed by atoms with van der Waals surface area (Å²) in [6.07, 6.45) is 5.67. The Bertz CT molecular complexity index is 724. The van der Waals surface area contributed by atoms with Crippen molar-refractivity contribution in [1.29, 1.82) is 0 Å². The lowest BCUT2D eigenvalue weighted by Crippen LogP contribution is -2.27. The first-order valence-corrected chi connectivity index (χ1v) is 9.00. The molecule has 132 valence electrons. The molecule has 0 radical (unpaired) electrons. The number of carbonyl (C=O) groups is 2. The molecule has 1 aromatic carbocycles. The number of amides is 1. The van der Waals surface area contributed by atoms with Crippen molar-refractivity contribution in [3.63, 3.8) is 0 Å². The molecule has 0 saturated carbocycles. The van der Waals surface area contributed by atoms with Crippen molar-refractivity contribution in [2.24, 2.45) is 0 Å². The standard InChI is InChI=1S/C19H24N4O2/c24-16(15-7-3-1-4-8-15)10-11-19(25)20-13-12-18-22-21-17-9-5-2-6-14-23(17)18/h1,3-4,7-8H,2,5-6,9-14H2,(H,20,25). The molecule has 0 unspecified atom stereocenters. The molecular formula is C19H24N4O2. The molecule has 1 amide bonds. The molecule has 2 aromatic rings. The van der Waals surface area contributed by atoms with Crippen LogP contribution >= 0.6 is 0 Å². The van der Waals surface area contributed by atoms with E-state index in [0.29, 0.717) is 18.5 Å². The number of nitrogens with zero attached hydrogens (tertiary/aromatic N) is 3. The Morgan fingerprint density at radius 1 is 1.04 bits per heavy atom. The van der Waals surface area contributed by atoms with Gasteiger partial charge in [-0.05, 0) is 12.8 Å². The molecule has 1 aromatic heterocycles. The van der Waals surface area contributed by atoms with Gasteiger partial charge >= 0.3 is 0 Å². The molecule has 1 aliphatic rings. The van der Waals surface area contributed by atoms with E-state index < -0.39 is 0 Å². The van der Waals surface area contributed by atoms with E-state index in [0.717, 1.165) is 31.0 Å². The highest BCUT2D eigenvalue weighted by atomic mass is 16.2. The SMILES string of the molecule is O=C(CCC(=O)c1ccccc1)NCCc1nnc2n1CCCCC2. The van der Waals surface area contributed by atoms with E-state index in [2.05, 4.69) is 20.1 Å². The van der Waals surface area contributed by atoms with Crippen LogP contribution in [0.5, 0.6) is 0 Å². The Morgan fingerprint density at radius 3 is 2.72 bits per heavy atom. The second-order valence-corrected chi connectivity index (χ2v) is 6.38. The molecule has 3 rings (SSSR count). The fourth-order valence-electron chi connectivity index (χ4n) is 3.13. The van der Waals surface area contributed by atoms with Gasteiger partial charge < -0.3 is 9.88 Å². The minimum absolute atomic E-state index is 0.00136. The molecule has 6 nitrogen and oxygen atoms in total. The number of benzene rings is 1. The number of hydrogen-bond donors (Lipinski definition) is 1. The molecule has 2 heterocycles. The predicted molar refractivity (Wildman–Crippen MR) is 94.3 cm³/mol. The van der Waals surface area contributed by atoms with Crippen LogP contribution in [0.4, 0.5) is 0 Å². The van der Waals surface area contributed by atoms with Crippen LogP contribution in [0.1, 0.15) is 54.1 Å². The molecule has 0 spiro atoms. The summed E-state index contributed by atoms with van der Waals surface area (Å²) >= 11 is 0. The van der Waals surface area contributed by atoms with Gasteiger partial charge in [0, 0.05) is 44.3 Å². The molecule has 25 heavy (non-hydrogen) atoms. The Balaban J connectivity index is 1.41. The summed E-state index contributed by atoms with van der Waals surface area (Å²) in [6, 6.07) is 9.08. The molecule has 1 N–H and O–H groups in total. The maximum absolute atomic E-state index is 12.0. The van der Waals surface area contributed by atoms with Gasteiger partial charge in [-0.3, -0.25) is 9.59 Å². The lowest BCUT2D eigenvalue weighted by molar-refractivity contribution is -0.121. The third-order valence-corrected chi connectivity index (χ3v) is 4.53. The van der Waals surface area contributed by atoms with E-state index in [1.165, 1.54) is 12.8 Å². The third-order valence-electron chi connectivity index (χ3n) is 4.53. The zero-order valence-electron chi connectivity index (χ0n) is 14.4. The first-order valence-electron chi connectivity index (χ1n) is 9.00. The summed E-state index contributed by atoms with van der Waals surface area (Å²) in [4.78, 5) is 23.9. The number of ketones is 1. The molecule has 1 aliphatic heterocycles. The number of aryl methyl sites for hydroxylation is 1. The van der Waals surface area contributed by atoms with Gasteiger partial charge in [0.2, 0.25) is 5.91 Å². The van der Waals surface area contributed by atoms with Gasteiger partial charge in [0.25, 0.3) is 0 Å². The summed E-state index contributed by atoms with van der Waals surface area (Å²) in [5, 5.41) is 11.4. The van der Waals surface area contributed by atoms with Crippen LogP contribution in [0.2, 0.25) is 0 Å². The van der Waals surface area contributed by atoms with Crippen LogP contribution in [0, 0.1) is 0 Å². The van der Waals surface area contributed by atoms with Crippen molar-refractivity contribution in [3.05, 3.63) is 47.5 Å². The number of carbonyl (C=O) groups excluding carboxylic acids is 2. The number of Topliss-reactive ketones (excluding diaryl/α,β-unsaturated/α-hetero) is 1. The first kappa shape index (κ1) is 17.3. The average molecular weight is 340 g/mol. The van der Waals surface area contributed by atoms with Gasteiger partial charge in [-0.2, -0.15) is 0 Å². The Hall–Kier alpha value is -2.50. The van der Waals surface area contributed by atoms with E-state index in [-0.39, 0.29) is 24.5 Å². The summed E-state index contributed by atoms with van der Waals surface area (Å²) in [5.41, 5.74) is 0.654. The maximum Gasteiger partial charge on any atom is 0.220 e. The first-order chi connectivity index (χ1) is 12.2. The van der Waals surface area contributed by atoms with Crippen LogP contribution in [0.3, 0.4) is 0 Å². The Kier molecular flexibility index (Phi) is 5.93. The van der Waals surface area contributed by atoms with Gasteiger partial charge in [-0.25, -0.2) is 0 Å². The highest BCUT2D eigenvalue weighted by molar-refractivity contribution is 5.97. The van der Waals surface area contributed by atoms with Crippen molar-refractivity contribution in [1.82, 2.24) is 20.1 Å². The van der Waals surface area contributed by atoms with Crippen molar-refractivity contribution < 1.29 is 9.59 Å². The Labute approximate surface area is 147 Å². The molecule has 0 aliphatic carbocycles. The van der Waals surface area contributed by atoms with Gasteiger partial charge in [0.05, 0.1) is 0 Å². The van der Waals surface area contributed by atoms with Crippen LogP contribution in [-0.4, -0.2) is 33.0 Å². The Morgan fingerprint density at radius 2 is 1.88 bits per heavy atom. The van der Waals surface area contributed by atoms with E-state index >= 15 is 0 Å². The van der Waals surface area contributed by atoms with Crippen LogP contribution in [-0.2, 0) is 24.2 Å². The van der Waals surface area contributed by atoms with Gasteiger partial charge in [0.1, 0.15) is 11.6 Å². The highest BCUT2D eigenvalue weighted by Gasteiger charge is 2.14. The van der Waals surface area contributed by atoms with Gasteiger partial charge in [0.15, 0.2) is 5.78 Å². The van der Waals surface area contributed by atoms with Crippen LogP contribution in [0.25, 0.3) is 0 Å². The second-order valence-electron chi connectivity index (χ2n) is 6.38. The van der Waals surface area contributed by atoms with Crippen molar-refractivity contribution in [3.8, 4) is 0 Å². The number of hydrogen-bond acceptors (Lipinski definition) is 4. The van der Waals surface area contributed by atoms with E-state index in [4.69, 9.17) is 0 Å². The van der Waals surface area contributed by atoms with Gasteiger partial charge in [-0.15, -0.1) is 10.2 Å². The van der Waals surface area contributed by atoms with Crippen LogP contribution in [0.15, 0.2) is 30.3 Å². The molecular weight excluding hydrogens is 316 g/mol. The van der Waals surface area contributed by atoms with Crippen molar-refractivity contribution in [2.45, 2.75) is 51.5 Å². The number of aromatic nitrogens is 3. The number of nitrogens with one attached hydrogen (secondary N) is 1. The van der Waals surface area contributed by atoms with Crippen LogP contribution < -0.4 is 5.32 Å². The molecule has 0 atom stereocenters. The summed E-state index contributed by atoms with van der Waals surface area (Å²) < 4.78 is 2.19. The average Bonchev–Trinajstić information content (AvgIpc) is 2.87.